The van der Waals surface area contributed by atoms with Crippen molar-refractivity contribution in [2.75, 3.05) is 0 Å². The van der Waals surface area contributed by atoms with Crippen molar-refractivity contribution in [1.29, 1.82) is 0 Å². The topological polar surface area (TPSA) is 81.1 Å². The fourth-order valence-electron chi connectivity index (χ4n) is 1.25. The molecule has 0 saturated heterocycles. The zero-order valence-corrected chi connectivity index (χ0v) is 8.40. The van der Waals surface area contributed by atoms with Crippen molar-refractivity contribution < 1.29 is 9.90 Å². The Morgan fingerprint density at radius 3 is 2.86 bits per heavy atom. The molecule has 5 heteroatoms. The van der Waals surface area contributed by atoms with E-state index in [4.69, 9.17) is 10.8 Å². The predicted molar refractivity (Wildman–Crippen MR) is 51.9 cm³/mol. The van der Waals surface area contributed by atoms with E-state index in [2.05, 4.69) is 5.10 Å². The monoisotopic (exact) mass is 197 g/mol. The molecule has 0 spiro atoms. The van der Waals surface area contributed by atoms with Crippen molar-refractivity contribution in [3.05, 3.63) is 17.5 Å². The molecule has 78 valence electrons. The number of carboxylic acids is 1. The maximum atomic E-state index is 10.5. The molecule has 5 nitrogen and oxygen atoms in total. The molecular formula is C9H15N3O2. The van der Waals surface area contributed by atoms with Gasteiger partial charge in [-0.2, -0.15) is 5.10 Å². The Bertz CT molecular complexity index is 333. The van der Waals surface area contributed by atoms with E-state index >= 15 is 0 Å². The van der Waals surface area contributed by atoms with Crippen LogP contribution in [0.1, 0.15) is 18.3 Å². The van der Waals surface area contributed by atoms with Crippen molar-refractivity contribution in [3.63, 3.8) is 0 Å². The maximum Gasteiger partial charge on any atom is 0.320 e. The summed E-state index contributed by atoms with van der Waals surface area (Å²) < 4.78 is 1.68. The molecule has 14 heavy (non-hydrogen) atoms. The molecule has 1 heterocycles. The molecular weight excluding hydrogens is 182 g/mol. The highest BCUT2D eigenvalue weighted by molar-refractivity contribution is 5.73. The summed E-state index contributed by atoms with van der Waals surface area (Å²) in [5, 5.41) is 12.9. The van der Waals surface area contributed by atoms with Gasteiger partial charge < -0.3 is 10.8 Å². The predicted octanol–water partition coefficient (Wildman–Crippen LogP) is -0.0631. The minimum atomic E-state index is -0.982. The molecule has 1 atom stereocenters. The standard InChI is InChI=1S/C9H15N3O2/c1-3-6-4-7(12(2)11-6)5-8(10)9(13)14/h4,8H,3,5,10H2,1-2H3,(H,13,14). The van der Waals surface area contributed by atoms with Crippen LogP contribution < -0.4 is 5.73 Å². The van der Waals surface area contributed by atoms with Gasteiger partial charge in [-0.05, 0) is 12.5 Å². The van der Waals surface area contributed by atoms with Gasteiger partial charge in [0.2, 0.25) is 0 Å². The minimum absolute atomic E-state index is 0.318. The largest absolute Gasteiger partial charge is 0.480 e. The van der Waals surface area contributed by atoms with E-state index in [1.54, 1.807) is 11.7 Å². The van der Waals surface area contributed by atoms with Gasteiger partial charge in [0.25, 0.3) is 0 Å². The van der Waals surface area contributed by atoms with Crippen LogP contribution in [0.15, 0.2) is 6.07 Å². The lowest BCUT2D eigenvalue weighted by Crippen LogP contribution is -2.32. The normalized spacial score (nSPS) is 12.8. The fraction of sp³-hybridized carbons (Fsp3) is 0.556. The zero-order chi connectivity index (χ0) is 10.7. The SMILES string of the molecule is CCc1cc(CC(N)C(=O)O)n(C)n1. The molecule has 1 aromatic heterocycles. The number of aryl methyl sites for hydroxylation is 2. The summed E-state index contributed by atoms with van der Waals surface area (Å²) >= 11 is 0. The molecule has 1 unspecified atom stereocenters. The Hall–Kier alpha value is -1.36. The highest BCUT2D eigenvalue weighted by Gasteiger charge is 2.14. The molecule has 1 rings (SSSR count). The molecule has 0 fully saturated rings. The fourth-order valence-corrected chi connectivity index (χ4v) is 1.25. The second-order valence-corrected chi connectivity index (χ2v) is 3.25. The van der Waals surface area contributed by atoms with Crippen molar-refractivity contribution in [1.82, 2.24) is 9.78 Å². The van der Waals surface area contributed by atoms with Crippen molar-refractivity contribution >= 4 is 5.97 Å². The van der Waals surface area contributed by atoms with Gasteiger partial charge in [-0.3, -0.25) is 9.48 Å². The van der Waals surface area contributed by atoms with Crippen molar-refractivity contribution in [3.8, 4) is 0 Å². The number of aromatic nitrogens is 2. The molecule has 0 aliphatic rings. The van der Waals surface area contributed by atoms with E-state index in [1.807, 2.05) is 13.0 Å². The lowest BCUT2D eigenvalue weighted by molar-refractivity contribution is -0.138. The van der Waals surface area contributed by atoms with E-state index in [0.717, 1.165) is 17.8 Å². The lowest BCUT2D eigenvalue weighted by Gasteiger charge is -2.05. The van der Waals surface area contributed by atoms with Crippen molar-refractivity contribution in [2.45, 2.75) is 25.8 Å². The molecule has 0 saturated carbocycles. The van der Waals surface area contributed by atoms with Gasteiger partial charge in [-0.25, -0.2) is 0 Å². The van der Waals surface area contributed by atoms with Crippen LogP contribution in [-0.2, 0) is 24.7 Å². The van der Waals surface area contributed by atoms with Gasteiger partial charge in [0.15, 0.2) is 0 Å². The number of nitrogens with two attached hydrogens (primary N) is 1. The number of carboxylic acid groups (broad SMARTS) is 1. The van der Waals surface area contributed by atoms with Crippen LogP contribution in [0.4, 0.5) is 0 Å². The quantitative estimate of drug-likeness (QED) is 0.708. The Morgan fingerprint density at radius 2 is 2.43 bits per heavy atom. The third kappa shape index (κ3) is 2.32. The average molecular weight is 197 g/mol. The van der Waals surface area contributed by atoms with Gasteiger partial charge in [0.1, 0.15) is 6.04 Å². The highest BCUT2D eigenvalue weighted by Crippen LogP contribution is 2.06. The molecule has 1 aromatic rings. The van der Waals surface area contributed by atoms with Gasteiger partial charge in [0, 0.05) is 19.2 Å². The Kier molecular flexibility index (Phi) is 3.24. The lowest BCUT2D eigenvalue weighted by atomic mass is 10.1. The molecule has 3 N–H and O–H groups in total. The molecule has 0 bridgehead atoms. The summed E-state index contributed by atoms with van der Waals surface area (Å²) in [7, 11) is 1.79. The second-order valence-electron chi connectivity index (χ2n) is 3.25. The number of rotatable bonds is 4. The van der Waals surface area contributed by atoms with E-state index in [0.29, 0.717) is 6.42 Å². The first-order chi connectivity index (χ1) is 6.54. The Labute approximate surface area is 82.5 Å². The van der Waals surface area contributed by atoms with Gasteiger partial charge in [0.05, 0.1) is 5.69 Å². The van der Waals surface area contributed by atoms with Crippen LogP contribution in [0.25, 0.3) is 0 Å². The molecule has 0 aromatic carbocycles. The molecule has 0 aliphatic carbocycles. The van der Waals surface area contributed by atoms with E-state index < -0.39 is 12.0 Å². The van der Waals surface area contributed by atoms with Crippen LogP contribution in [0.3, 0.4) is 0 Å². The summed E-state index contributed by atoms with van der Waals surface area (Å²) in [5.41, 5.74) is 7.24. The number of hydrogen-bond acceptors (Lipinski definition) is 3. The third-order valence-electron chi connectivity index (χ3n) is 2.14. The minimum Gasteiger partial charge on any atom is -0.480 e. The molecule has 0 aliphatic heterocycles. The summed E-state index contributed by atoms with van der Waals surface area (Å²) in [6, 6.07) is 1.04. The highest BCUT2D eigenvalue weighted by atomic mass is 16.4. The smallest absolute Gasteiger partial charge is 0.320 e. The molecule has 0 amide bonds. The first-order valence-corrected chi connectivity index (χ1v) is 4.54. The third-order valence-corrected chi connectivity index (χ3v) is 2.14. The van der Waals surface area contributed by atoms with E-state index in [1.165, 1.54) is 0 Å². The van der Waals surface area contributed by atoms with Crippen LogP contribution in [0.5, 0.6) is 0 Å². The Morgan fingerprint density at radius 1 is 1.79 bits per heavy atom. The summed E-state index contributed by atoms with van der Waals surface area (Å²) in [6.07, 6.45) is 1.16. The second kappa shape index (κ2) is 4.23. The first kappa shape index (κ1) is 10.7. The molecule has 0 radical (unpaired) electrons. The van der Waals surface area contributed by atoms with Crippen LogP contribution >= 0.6 is 0 Å². The van der Waals surface area contributed by atoms with Gasteiger partial charge in [-0.1, -0.05) is 6.92 Å². The van der Waals surface area contributed by atoms with Crippen molar-refractivity contribution in [2.24, 2.45) is 12.8 Å². The Balaban J connectivity index is 2.75. The summed E-state index contributed by atoms with van der Waals surface area (Å²) in [4.78, 5) is 10.5. The number of hydrogen-bond donors (Lipinski definition) is 2. The number of nitrogens with zero attached hydrogens (tertiary/aromatic N) is 2. The van der Waals surface area contributed by atoms with Crippen LogP contribution in [-0.4, -0.2) is 26.9 Å². The number of carbonyl (C=O) groups is 1. The summed E-state index contributed by atoms with van der Waals surface area (Å²) in [5.74, 6) is -0.982. The van der Waals surface area contributed by atoms with Crippen LogP contribution in [0, 0.1) is 0 Å². The van der Waals surface area contributed by atoms with E-state index in [-0.39, 0.29) is 0 Å². The zero-order valence-electron chi connectivity index (χ0n) is 8.40. The average Bonchev–Trinajstić information content (AvgIpc) is 2.47. The van der Waals surface area contributed by atoms with E-state index in [9.17, 15) is 4.79 Å². The van der Waals surface area contributed by atoms with Crippen LogP contribution in [0.2, 0.25) is 0 Å². The first-order valence-electron chi connectivity index (χ1n) is 4.54. The maximum absolute atomic E-state index is 10.5. The van der Waals surface area contributed by atoms with Gasteiger partial charge >= 0.3 is 5.97 Å². The van der Waals surface area contributed by atoms with Gasteiger partial charge in [-0.15, -0.1) is 0 Å². The summed E-state index contributed by atoms with van der Waals surface area (Å²) in [6.45, 7) is 2.00. The number of aliphatic carboxylic acids is 1.